The summed E-state index contributed by atoms with van der Waals surface area (Å²) in [5.41, 5.74) is 5.36. The third-order valence-corrected chi connectivity index (χ3v) is 6.14. The van der Waals surface area contributed by atoms with Crippen molar-refractivity contribution in [3.63, 3.8) is 0 Å². The van der Waals surface area contributed by atoms with E-state index >= 15 is 0 Å². The third kappa shape index (κ3) is 3.34. The topological polar surface area (TPSA) is 94.0 Å². The van der Waals surface area contributed by atoms with Crippen LogP contribution in [0, 0.1) is 5.92 Å². The van der Waals surface area contributed by atoms with Gasteiger partial charge in [0.15, 0.2) is 0 Å². The van der Waals surface area contributed by atoms with Gasteiger partial charge >= 0.3 is 12.1 Å². The second-order valence-corrected chi connectivity index (χ2v) is 7.84. The van der Waals surface area contributed by atoms with Crippen molar-refractivity contribution in [1.29, 1.82) is 0 Å². The van der Waals surface area contributed by atoms with E-state index in [1.165, 1.54) is 23.0 Å². The number of carboxylic acids is 1. The van der Waals surface area contributed by atoms with Crippen LogP contribution in [0.15, 0.2) is 42.7 Å². The first kappa shape index (κ1) is 20.9. The second kappa shape index (κ2) is 7.11. The summed E-state index contributed by atoms with van der Waals surface area (Å²) in [4.78, 5) is 16.2. The molecule has 1 aromatic carbocycles. The van der Waals surface area contributed by atoms with E-state index in [-0.39, 0.29) is 17.9 Å². The number of carbonyl (C=O) groups is 1. The average molecular weight is 430 g/mol. The highest BCUT2D eigenvalue weighted by atomic mass is 19.4. The minimum Gasteiger partial charge on any atom is -0.481 e. The second-order valence-electron chi connectivity index (χ2n) is 7.84. The summed E-state index contributed by atoms with van der Waals surface area (Å²) < 4.78 is 43.2. The summed E-state index contributed by atoms with van der Waals surface area (Å²) in [6.07, 6.45) is -0.917. The molecule has 6 nitrogen and oxygen atoms in total. The lowest BCUT2D eigenvalue weighted by molar-refractivity contribution is -0.143. The van der Waals surface area contributed by atoms with Crippen molar-refractivity contribution in [3.8, 4) is 22.4 Å². The van der Waals surface area contributed by atoms with Gasteiger partial charge in [-0.05, 0) is 35.6 Å². The SMILES string of the molecule is CCC1CC1(C(=O)O)c1ccc(-c2ccc(-c3cnn(C)c3N)nc2)cc1C(F)(F)F. The maximum Gasteiger partial charge on any atom is 0.416 e. The molecule has 0 amide bonds. The smallest absolute Gasteiger partial charge is 0.416 e. The first-order valence-corrected chi connectivity index (χ1v) is 9.79. The molecule has 2 aromatic heterocycles. The number of alkyl halides is 3. The Kier molecular flexibility index (Phi) is 4.79. The molecule has 2 atom stereocenters. The van der Waals surface area contributed by atoms with Gasteiger partial charge in [-0.1, -0.05) is 31.5 Å². The lowest BCUT2D eigenvalue weighted by atomic mass is 9.86. The average Bonchev–Trinajstić information content (AvgIpc) is 3.40. The fourth-order valence-electron chi connectivity index (χ4n) is 4.25. The number of aryl methyl sites for hydroxylation is 1. The number of nitrogen functional groups attached to an aromatic ring is 1. The number of nitrogens with two attached hydrogens (primary N) is 1. The molecule has 0 aliphatic heterocycles. The number of halogens is 3. The van der Waals surface area contributed by atoms with Crippen LogP contribution >= 0.6 is 0 Å². The van der Waals surface area contributed by atoms with Crippen molar-refractivity contribution in [2.75, 3.05) is 5.73 Å². The van der Waals surface area contributed by atoms with Crippen molar-refractivity contribution in [2.24, 2.45) is 13.0 Å². The van der Waals surface area contributed by atoms with Crippen LogP contribution in [-0.2, 0) is 23.4 Å². The molecular weight excluding hydrogens is 409 g/mol. The van der Waals surface area contributed by atoms with Crippen molar-refractivity contribution in [3.05, 3.63) is 53.9 Å². The van der Waals surface area contributed by atoms with E-state index in [4.69, 9.17) is 5.73 Å². The summed E-state index contributed by atoms with van der Waals surface area (Å²) in [7, 11) is 1.69. The van der Waals surface area contributed by atoms with Gasteiger partial charge in [-0.25, -0.2) is 0 Å². The molecule has 2 heterocycles. The van der Waals surface area contributed by atoms with E-state index < -0.39 is 23.1 Å². The first-order chi connectivity index (χ1) is 14.6. The summed E-state index contributed by atoms with van der Waals surface area (Å²) >= 11 is 0. The highest BCUT2D eigenvalue weighted by molar-refractivity contribution is 5.87. The number of aromatic nitrogens is 3. The van der Waals surface area contributed by atoms with Crippen LogP contribution < -0.4 is 5.73 Å². The Hall–Kier alpha value is -3.36. The fourth-order valence-corrected chi connectivity index (χ4v) is 4.25. The van der Waals surface area contributed by atoms with Crippen LogP contribution in [0.25, 0.3) is 22.4 Å². The van der Waals surface area contributed by atoms with Crippen LogP contribution in [0.4, 0.5) is 19.0 Å². The van der Waals surface area contributed by atoms with Crippen LogP contribution in [0.2, 0.25) is 0 Å². The molecule has 9 heteroatoms. The van der Waals surface area contributed by atoms with E-state index in [1.54, 1.807) is 32.3 Å². The lowest BCUT2D eigenvalue weighted by Crippen LogP contribution is -2.26. The van der Waals surface area contributed by atoms with Crippen molar-refractivity contribution in [1.82, 2.24) is 14.8 Å². The number of anilines is 1. The number of hydrogen-bond acceptors (Lipinski definition) is 4. The molecule has 0 bridgehead atoms. The molecule has 3 N–H and O–H groups in total. The molecule has 0 saturated heterocycles. The number of benzene rings is 1. The Bertz CT molecular complexity index is 1150. The highest BCUT2D eigenvalue weighted by Crippen LogP contribution is 2.58. The molecule has 162 valence electrons. The third-order valence-electron chi connectivity index (χ3n) is 6.14. The monoisotopic (exact) mass is 430 g/mol. The van der Waals surface area contributed by atoms with E-state index in [2.05, 4.69) is 10.1 Å². The Balaban J connectivity index is 1.75. The van der Waals surface area contributed by atoms with Gasteiger partial charge in [0.2, 0.25) is 0 Å². The Morgan fingerprint density at radius 2 is 1.97 bits per heavy atom. The Labute approximate surface area is 176 Å². The van der Waals surface area contributed by atoms with E-state index in [0.29, 0.717) is 34.6 Å². The lowest BCUT2D eigenvalue weighted by Gasteiger charge is -2.20. The summed E-state index contributed by atoms with van der Waals surface area (Å²) in [6.45, 7) is 1.79. The number of pyridine rings is 1. The number of nitrogens with zero attached hydrogens (tertiary/aromatic N) is 3. The standard InChI is InChI=1S/C22H21F3N4O2/c1-3-14-9-21(14,20(30)31)16-6-4-12(8-17(16)22(23,24)25)13-5-7-18(27-10-13)15-11-28-29(2)19(15)26/h4-8,10-11,14H,3,9,26H2,1-2H3,(H,30,31). The van der Waals surface area contributed by atoms with Gasteiger partial charge in [-0.15, -0.1) is 0 Å². The molecule has 0 radical (unpaired) electrons. The molecular formula is C22H21F3N4O2. The molecule has 2 unspecified atom stereocenters. The molecule has 3 aromatic rings. The van der Waals surface area contributed by atoms with Gasteiger partial charge in [0.1, 0.15) is 5.82 Å². The fraction of sp³-hybridized carbons (Fsp3) is 0.318. The zero-order chi connectivity index (χ0) is 22.6. The van der Waals surface area contributed by atoms with Crippen molar-refractivity contribution in [2.45, 2.75) is 31.4 Å². The van der Waals surface area contributed by atoms with Crippen LogP contribution in [0.1, 0.15) is 30.9 Å². The van der Waals surface area contributed by atoms with Gasteiger partial charge in [-0.3, -0.25) is 14.5 Å². The zero-order valence-corrected chi connectivity index (χ0v) is 16.9. The number of carboxylic acid groups (broad SMARTS) is 1. The van der Waals surface area contributed by atoms with Crippen LogP contribution in [0.3, 0.4) is 0 Å². The largest absolute Gasteiger partial charge is 0.481 e. The van der Waals surface area contributed by atoms with E-state index in [9.17, 15) is 23.1 Å². The van der Waals surface area contributed by atoms with Crippen molar-refractivity contribution >= 4 is 11.8 Å². The quantitative estimate of drug-likeness (QED) is 0.622. The summed E-state index contributed by atoms with van der Waals surface area (Å²) in [5.74, 6) is -1.08. The number of aliphatic carboxylic acids is 1. The summed E-state index contributed by atoms with van der Waals surface area (Å²) in [5, 5.41) is 13.8. The maximum atomic E-state index is 13.9. The number of rotatable bonds is 5. The minimum atomic E-state index is -4.67. The van der Waals surface area contributed by atoms with Crippen molar-refractivity contribution < 1.29 is 23.1 Å². The number of hydrogen-bond donors (Lipinski definition) is 2. The normalized spacial score (nSPS) is 20.6. The molecule has 4 rings (SSSR count). The van der Waals surface area contributed by atoms with E-state index in [1.807, 2.05) is 0 Å². The summed E-state index contributed by atoms with van der Waals surface area (Å²) in [6, 6.07) is 7.16. The highest BCUT2D eigenvalue weighted by Gasteiger charge is 2.62. The Morgan fingerprint density at radius 3 is 2.45 bits per heavy atom. The maximum absolute atomic E-state index is 13.9. The van der Waals surface area contributed by atoms with Gasteiger partial charge in [0.25, 0.3) is 0 Å². The zero-order valence-electron chi connectivity index (χ0n) is 16.9. The first-order valence-electron chi connectivity index (χ1n) is 9.79. The molecule has 1 saturated carbocycles. The van der Waals surface area contributed by atoms with Gasteiger partial charge in [-0.2, -0.15) is 18.3 Å². The Morgan fingerprint density at radius 1 is 1.26 bits per heavy atom. The predicted molar refractivity (Wildman–Crippen MR) is 109 cm³/mol. The molecule has 0 spiro atoms. The minimum absolute atomic E-state index is 0.171. The van der Waals surface area contributed by atoms with Gasteiger partial charge in [0.05, 0.1) is 28.4 Å². The molecule has 1 aliphatic rings. The van der Waals surface area contributed by atoms with Gasteiger partial charge < -0.3 is 10.8 Å². The van der Waals surface area contributed by atoms with Gasteiger partial charge in [0, 0.05) is 18.8 Å². The van der Waals surface area contributed by atoms with E-state index in [0.717, 1.165) is 6.07 Å². The van der Waals surface area contributed by atoms with Crippen LogP contribution in [-0.4, -0.2) is 25.8 Å². The molecule has 1 fully saturated rings. The predicted octanol–water partition coefficient (Wildman–Crippen LogP) is 4.50. The van der Waals surface area contributed by atoms with Crippen LogP contribution in [0.5, 0.6) is 0 Å². The molecule has 31 heavy (non-hydrogen) atoms. The molecule has 1 aliphatic carbocycles.